The van der Waals surface area contributed by atoms with E-state index in [4.69, 9.17) is 14.9 Å². The van der Waals surface area contributed by atoms with E-state index in [1.54, 1.807) is 18.2 Å². The molecule has 1 atom stereocenters. The predicted molar refractivity (Wildman–Crippen MR) is 109 cm³/mol. The smallest absolute Gasteiger partial charge is 0.374 e. The maximum atomic E-state index is 12.3. The van der Waals surface area contributed by atoms with Crippen molar-refractivity contribution in [3.8, 4) is 0 Å². The van der Waals surface area contributed by atoms with Crippen LogP contribution < -0.4 is 11.1 Å². The molecule has 3 N–H and O–H groups in total. The van der Waals surface area contributed by atoms with Crippen LogP contribution in [-0.2, 0) is 22.4 Å². The van der Waals surface area contributed by atoms with Gasteiger partial charge in [0.2, 0.25) is 5.76 Å². The fourth-order valence-electron chi connectivity index (χ4n) is 3.55. The van der Waals surface area contributed by atoms with Gasteiger partial charge in [-0.2, -0.15) is 0 Å². The Hall–Kier alpha value is -3.13. The minimum Gasteiger partial charge on any atom is -0.450 e. The quantitative estimate of drug-likeness (QED) is 0.623. The van der Waals surface area contributed by atoms with E-state index in [-0.39, 0.29) is 5.76 Å². The number of anilines is 1. The maximum Gasteiger partial charge on any atom is 0.374 e. The monoisotopic (exact) mass is 412 g/mol. The van der Waals surface area contributed by atoms with Gasteiger partial charge in [-0.1, -0.05) is 25.1 Å². The number of amides is 2. The number of thiophene rings is 1. The SMILES string of the molecule is C[C@H]1CCc2c(sc(NC(=O)COC(=O)c3cc4ccccc4o3)c2C(N)=O)C1. The fourth-order valence-corrected chi connectivity index (χ4v) is 4.98. The van der Waals surface area contributed by atoms with Gasteiger partial charge in [0.25, 0.3) is 11.8 Å². The molecule has 2 heterocycles. The van der Waals surface area contributed by atoms with Gasteiger partial charge in [-0.3, -0.25) is 9.59 Å². The van der Waals surface area contributed by atoms with Crippen LogP contribution in [-0.4, -0.2) is 24.4 Å². The largest absolute Gasteiger partial charge is 0.450 e. The summed E-state index contributed by atoms with van der Waals surface area (Å²) in [5.74, 6) is -1.28. The van der Waals surface area contributed by atoms with Gasteiger partial charge in [0.1, 0.15) is 10.6 Å². The Kier molecular flexibility index (Phi) is 5.10. The van der Waals surface area contributed by atoms with Gasteiger partial charge >= 0.3 is 5.97 Å². The highest BCUT2D eigenvalue weighted by atomic mass is 32.1. The van der Waals surface area contributed by atoms with Crippen molar-refractivity contribution in [1.82, 2.24) is 0 Å². The maximum absolute atomic E-state index is 12.3. The molecule has 150 valence electrons. The van der Waals surface area contributed by atoms with E-state index in [0.717, 1.165) is 35.1 Å². The predicted octanol–water partition coefficient (Wildman–Crippen LogP) is 3.51. The average Bonchev–Trinajstić information content (AvgIpc) is 3.26. The van der Waals surface area contributed by atoms with Crippen LogP contribution in [0, 0.1) is 5.92 Å². The van der Waals surface area contributed by atoms with Crippen molar-refractivity contribution in [3.05, 3.63) is 52.1 Å². The standard InChI is InChI=1S/C21H20N2O5S/c1-11-6-7-13-16(8-11)29-20(18(13)19(22)25)23-17(24)10-27-21(26)15-9-12-4-2-3-5-14(12)28-15/h2-5,9,11H,6-8,10H2,1H3,(H2,22,25)(H,23,24)/t11-/m0/s1. The van der Waals surface area contributed by atoms with Crippen LogP contribution in [0.25, 0.3) is 11.0 Å². The molecule has 4 rings (SSSR count). The third-order valence-electron chi connectivity index (χ3n) is 4.97. The Morgan fingerprint density at radius 2 is 2.10 bits per heavy atom. The molecule has 7 nitrogen and oxygen atoms in total. The van der Waals surface area contributed by atoms with E-state index in [9.17, 15) is 14.4 Å². The van der Waals surface area contributed by atoms with E-state index in [0.29, 0.717) is 22.1 Å². The first-order valence-electron chi connectivity index (χ1n) is 9.32. The molecule has 29 heavy (non-hydrogen) atoms. The highest BCUT2D eigenvalue weighted by Gasteiger charge is 2.27. The number of hydrogen-bond donors (Lipinski definition) is 2. The van der Waals surface area contributed by atoms with Gasteiger partial charge in [-0.15, -0.1) is 11.3 Å². The zero-order valence-electron chi connectivity index (χ0n) is 15.8. The molecular formula is C21H20N2O5S. The topological polar surface area (TPSA) is 112 Å². The molecule has 0 aliphatic heterocycles. The number of nitrogens with two attached hydrogens (primary N) is 1. The van der Waals surface area contributed by atoms with Gasteiger partial charge in [-0.05, 0) is 42.9 Å². The normalized spacial score (nSPS) is 15.7. The number of fused-ring (bicyclic) bond motifs is 2. The van der Waals surface area contributed by atoms with Crippen molar-refractivity contribution in [2.24, 2.45) is 11.7 Å². The minimum atomic E-state index is -0.731. The Labute approximate surface area is 170 Å². The Morgan fingerprint density at radius 1 is 1.31 bits per heavy atom. The molecule has 3 aromatic rings. The number of nitrogens with one attached hydrogen (secondary N) is 1. The molecule has 2 amide bonds. The summed E-state index contributed by atoms with van der Waals surface area (Å²) >= 11 is 1.36. The molecule has 1 aromatic carbocycles. The molecule has 0 fully saturated rings. The number of primary amides is 1. The average molecular weight is 412 g/mol. The number of carbonyl (C=O) groups excluding carboxylic acids is 3. The second kappa shape index (κ2) is 7.71. The van der Waals surface area contributed by atoms with Gasteiger partial charge < -0.3 is 20.2 Å². The van der Waals surface area contributed by atoms with Crippen LogP contribution in [0.5, 0.6) is 0 Å². The molecule has 0 saturated carbocycles. The lowest BCUT2D eigenvalue weighted by Gasteiger charge is -2.18. The first-order valence-corrected chi connectivity index (χ1v) is 10.1. The highest BCUT2D eigenvalue weighted by Crippen LogP contribution is 2.39. The molecule has 2 aromatic heterocycles. The number of esters is 1. The zero-order valence-corrected chi connectivity index (χ0v) is 16.6. The Balaban J connectivity index is 1.43. The van der Waals surface area contributed by atoms with E-state index in [2.05, 4.69) is 12.2 Å². The summed E-state index contributed by atoms with van der Waals surface area (Å²) in [4.78, 5) is 37.5. The van der Waals surface area contributed by atoms with E-state index < -0.39 is 24.4 Å². The van der Waals surface area contributed by atoms with Crippen LogP contribution in [0.15, 0.2) is 34.7 Å². The lowest BCUT2D eigenvalue weighted by atomic mass is 9.88. The summed E-state index contributed by atoms with van der Waals surface area (Å²) in [5.41, 5.74) is 7.41. The lowest BCUT2D eigenvalue weighted by Crippen LogP contribution is -2.23. The van der Waals surface area contributed by atoms with Gasteiger partial charge in [0, 0.05) is 10.3 Å². The van der Waals surface area contributed by atoms with E-state index >= 15 is 0 Å². The molecule has 8 heteroatoms. The number of ether oxygens (including phenoxy) is 1. The van der Waals surface area contributed by atoms with Crippen molar-refractivity contribution in [1.29, 1.82) is 0 Å². The lowest BCUT2D eigenvalue weighted by molar-refractivity contribution is -0.119. The number of para-hydroxylation sites is 1. The molecule has 0 unspecified atom stereocenters. The van der Waals surface area contributed by atoms with Crippen LogP contribution in [0.3, 0.4) is 0 Å². The molecule has 0 spiro atoms. The van der Waals surface area contributed by atoms with Crippen LogP contribution in [0.2, 0.25) is 0 Å². The van der Waals surface area contributed by atoms with Crippen molar-refractivity contribution in [2.75, 3.05) is 11.9 Å². The second-order valence-electron chi connectivity index (χ2n) is 7.19. The van der Waals surface area contributed by atoms with Crippen LogP contribution in [0.4, 0.5) is 5.00 Å². The summed E-state index contributed by atoms with van der Waals surface area (Å²) in [6.07, 6.45) is 2.60. The van der Waals surface area contributed by atoms with Crippen molar-refractivity contribution in [3.63, 3.8) is 0 Å². The molecule has 0 radical (unpaired) electrons. The van der Waals surface area contributed by atoms with Gasteiger partial charge in [-0.25, -0.2) is 4.79 Å². The third-order valence-corrected chi connectivity index (χ3v) is 6.14. The summed E-state index contributed by atoms with van der Waals surface area (Å²) < 4.78 is 10.5. The van der Waals surface area contributed by atoms with E-state index in [1.807, 2.05) is 12.1 Å². The molecule has 1 aliphatic rings. The summed E-state index contributed by atoms with van der Waals surface area (Å²) in [5, 5.41) is 3.86. The molecule has 0 saturated heterocycles. The number of benzene rings is 1. The number of furan rings is 1. The number of carbonyl (C=O) groups is 3. The van der Waals surface area contributed by atoms with Crippen LogP contribution in [0.1, 0.15) is 44.7 Å². The molecule has 1 aliphatic carbocycles. The molecular weight excluding hydrogens is 392 g/mol. The first kappa shape index (κ1) is 19.2. The van der Waals surface area contributed by atoms with Crippen molar-refractivity contribution in [2.45, 2.75) is 26.2 Å². The summed E-state index contributed by atoms with van der Waals surface area (Å²) in [6.45, 7) is 1.66. The van der Waals surface area contributed by atoms with Crippen molar-refractivity contribution < 1.29 is 23.5 Å². The number of rotatable bonds is 5. The first-order chi connectivity index (χ1) is 13.9. The third kappa shape index (κ3) is 3.88. The zero-order chi connectivity index (χ0) is 20.5. The summed E-state index contributed by atoms with van der Waals surface area (Å²) in [6, 6.07) is 8.75. The molecule has 0 bridgehead atoms. The fraction of sp³-hybridized carbons (Fsp3) is 0.286. The van der Waals surface area contributed by atoms with Gasteiger partial charge in [0.05, 0.1) is 5.56 Å². The number of hydrogen-bond acceptors (Lipinski definition) is 6. The van der Waals surface area contributed by atoms with Crippen LogP contribution >= 0.6 is 11.3 Å². The highest BCUT2D eigenvalue weighted by molar-refractivity contribution is 7.17. The second-order valence-corrected chi connectivity index (χ2v) is 8.30. The minimum absolute atomic E-state index is 0.0254. The Bertz CT molecular complexity index is 1080. The Morgan fingerprint density at radius 3 is 2.86 bits per heavy atom. The van der Waals surface area contributed by atoms with E-state index in [1.165, 1.54) is 11.3 Å². The summed E-state index contributed by atoms with van der Waals surface area (Å²) in [7, 11) is 0. The van der Waals surface area contributed by atoms with Gasteiger partial charge in [0.15, 0.2) is 6.61 Å². The van der Waals surface area contributed by atoms with Crippen molar-refractivity contribution >= 4 is 45.1 Å².